The highest BCUT2D eigenvalue weighted by Gasteiger charge is 2.71. The summed E-state index contributed by atoms with van der Waals surface area (Å²) in [7, 11) is 0. The number of carbonyl (C=O) groups excluding carboxylic acids is 1. The molecule has 1 N–H and O–H groups in total. The topological polar surface area (TPSA) is 55.1 Å². The van der Waals surface area contributed by atoms with E-state index in [0.717, 1.165) is 12.1 Å². The third kappa shape index (κ3) is 3.71. The average Bonchev–Trinajstić information content (AvgIpc) is 2.94. The van der Waals surface area contributed by atoms with Crippen LogP contribution in [0.25, 0.3) is 5.69 Å². The molecule has 1 aromatic carbocycles. The zero-order valence-electron chi connectivity index (χ0n) is 14.3. The fourth-order valence-electron chi connectivity index (χ4n) is 2.64. The van der Waals surface area contributed by atoms with E-state index >= 15 is 0 Å². The van der Waals surface area contributed by atoms with Crippen LogP contribution in [0.4, 0.5) is 26.3 Å². The molecule has 0 atom stereocenters. The highest BCUT2D eigenvalue weighted by atomic mass is 19.4. The van der Waals surface area contributed by atoms with Gasteiger partial charge in [-0.05, 0) is 18.1 Å². The van der Waals surface area contributed by atoms with Crippen LogP contribution in [0.1, 0.15) is 35.7 Å². The molecule has 0 aliphatic heterocycles. The van der Waals surface area contributed by atoms with Crippen molar-refractivity contribution in [2.45, 2.75) is 38.2 Å². The number of imidazole rings is 1. The number of carbonyl (C=O) groups is 1. The minimum Gasteiger partial charge on any atom is -0.369 e. The van der Waals surface area contributed by atoms with Crippen molar-refractivity contribution in [3.05, 3.63) is 47.5 Å². The summed E-state index contributed by atoms with van der Waals surface area (Å²) in [6.45, 7) is 3.77. The Bertz CT molecular complexity index is 792. The molecule has 0 fully saturated rings. The SMILES string of the molecule is CC(C)Cc1ncc(C=O)n1-c1ccc(C(O)(C(F)(F)F)C(F)(F)F)cc1. The first-order chi connectivity index (χ1) is 12.3. The van der Waals surface area contributed by atoms with E-state index in [1.807, 2.05) is 13.8 Å². The monoisotopic (exact) mass is 394 g/mol. The summed E-state index contributed by atoms with van der Waals surface area (Å²) in [5, 5.41) is 9.43. The van der Waals surface area contributed by atoms with Crippen LogP contribution in [0.5, 0.6) is 0 Å². The van der Waals surface area contributed by atoms with E-state index in [1.54, 1.807) is 0 Å². The number of nitrogens with zero attached hydrogens (tertiary/aromatic N) is 2. The van der Waals surface area contributed by atoms with Crippen molar-refractivity contribution in [2.75, 3.05) is 0 Å². The summed E-state index contributed by atoms with van der Waals surface area (Å²) in [5.74, 6) is 0.576. The van der Waals surface area contributed by atoms with Crippen molar-refractivity contribution in [1.82, 2.24) is 9.55 Å². The fraction of sp³-hybridized carbons (Fsp3) is 0.412. The van der Waals surface area contributed by atoms with Crippen molar-refractivity contribution in [1.29, 1.82) is 0 Å². The standard InChI is InChI=1S/C17H16F6N2O2/c1-10(2)7-14-24-8-13(9-26)25(14)12-5-3-11(4-6-12)15(27,16(18,19)20)17(21,22)23/h3-6,8-10,27H,7H2,1-2H3. The third-order valence-electron chi connectivity index (χ3n) is 3.94. The average molecular weight is 394 g/mol. The number of hydrogen-bond acceptors (Lipinski definition) is 3. The molecule has 0 saturated heterocycles. The maximum Gasteiger partial charge on any atom is 0.430 e. The number of aldehydes is 1. The number of alkyl halides is 6. The van der Waals surface area contributed by atoms with Gasteiger partial charge in [-0.25, -0.2) is 4.98 Å². The quantitative estimate of drug-likeness (QED) is 0.611. The van der Waals surface area contributed by atoms with E-state index in [0.29, 0.717) is 30.7 Å². The normalized spacial score (nSPS) is 13.3. The molecule has 2 rings (SSSR count). The Morgan fingerprint density at radius 3 is 2.00 bits per heavy atom. The van der Waals surface area contributed by atoms with Gasteiger partial charge in [0.1, 0.15) is 11.5 Å². The smallest absolute Gasteiger partial charge is 0.369 e. The molecule has 2 aromatic rings. The van der Waals surface area contributed by atoms with Crippen molar-refractivity contribution in [3.8, 4) is 5.69 Å². The Kier molecular flexibility index (Phi) is 5.42. The summed E-state index contributed by atoms with van der Waals surface area (Å²) >= 11 is 0. The van der Waals surface area contributed by atoms with Gasteiger partial charge in [0, 0.05) is 17.7 Å². The second kappa shape index (κ2) is 6.99. The Morgan fingerprint density at radius 2 is 1.59 bits per heavy atom. The Morgan fingerprint density at radius 1 is 1.07 bits per heavy atom. The van der Waals surface area contributed by atoms with Gasteiger partial charge in [0.05, 0.1) is 6.20 Å². The number of hydrogen-bond donors (Lipinski definition) is 1. The van der Waals surface area contributed by atoms with E-state index in [2.05, 4.69) is 4.98 Å². The Hall–Kier alpha value is -2.36. The first kappa shape index (κ1) is 20.9. The lowest BCUT2D eigenvalue weighted by molar-refractivity contribution is -0.376. The molecule has 1 heterocycles. The molecule has 10 heteroatoms. The van der Waals surface area contributed by atoms with Gasteiger partial charge in [-0.15, -0.1) is 0 Å². The second-order valence-electron chi connectivity index (χ2n) is 6.40. The molecule has 0 radical (unpaired) electrons. The summed E-state index contributed by atoms with van der Waals surface area (Å²) in [6, 6.07) is 3.00. The van der Waals surface area contributed by atoms with E-state index in [9.17, 15) is 36.2 Å². The Labute approximate surface area is 150 Å². The first-order valence-corrected chi connectivity index (χ1v) is 7.81. The number of aromatic nitrogens is 2. The largest absolute Gasteiger partial charge is 0.430 e. The highest BCUT2D eigenvalue weighted by Crippen LogP contribution is 2.50. The van der Waals surface area contributed by atoms with Crippen molar-refractivity contribution in [2.24, 2.45) is 5.92 Å². The number of aliphatic hydroxyl groups is 1. The van der Waals surface area contributed by atoms with E-state index in [4.69, 9.17) is 0 Å². The second-order valence-corrected chi connectivity index (χ2v) is 6.40. The molecule has 4 nitrogen and oxygen atoms in total. The molecule has 27 heavy (non-hydrogen) atoms. The zero-order chi connectivity index (χ0) is 20.6. The maximum absolute atomic E-state index is 13.0. The molecule has 0 saturated carbocycles. The number of rotatable bonds is 5. The molecule has 1 aromatic heterocycles. The molecular weight excluding hydrogens is 378 g/mol. The fourth-order valence-corrected chi connectivity index (χ4v) is 2.64. The summed E-state index contributed by atoms with van der Waals surface area (Å²) in [4.78, 5) is 15.3. The first-order valence-electron chi connectivity index (χ1n) is 7.81. The van der Waals surface area contributed by atoms with Crippen LogP contribution < -0.4 is 0 Å². The van der Waals surface area contributed by atoms with E-state index < -0.39 is 23.5 Å². The van der Waals surface area contributed by atoms with Gasteiger partial charge in [0.2, 0.25) is 0 Å². The van der Waals surface area contributed by atoms with Crippen LogP contribution in [-0.2, 0) is 12.0 Å². The van der Waals surface area contributed by atoms with Gasteiger partial charge >= 0.3 is 12.4 Å². The molecule has 0 aliphatic carbocycles. The third-order valence-corrected chi connectivity index (χ3v) is 3.94. The van der Waals surface area contributed by atoms with Crippen LogP contribution in [0.3, 0.4) is 0 Å². The lowest BCUT2D eigenvalue weighted by Gasteiger charge is -2.32. The highest BCUT2D eigenvalue weighted by molar-refractivity contribution is 5.73. The summed E-state index contributed by atoms with van der Waals surface area (Å²) < 4.78 is 79.1. The predicted octanol–water partition coefficient (Wildman–Crippen LogP) is 4.20. The molecule has 148 valence electrons. The molecular formula is C17H16F6N2O2. The molecule has 0 amide bonds. The Balaban J connectivity index is 2.56. The molecule has 0 unspecified atom stereocenters. The van der Waals surface area contributed by atoms with Crippen LogP contribution in [0.15, 0.2) is 30.5 Å². The van der Waals surface area contributed by atoms with E-state index in [-0.39, 0.29) is 17.3 Å². The lowest BCUT2D eigenvalue weighted by atomic mass is 9.92. The van der Waals surface area contributed by atoms with Gasteiger partial charge in [-0.2, -0.15) is 26.3 Å². The van der Waals surface area contributed by atoms with Gasteiger partial charge in [0.15, 0.2) is 6.29 Å². The van der Waals surface area contributed by atoms with Gasteiger partial charge < -0.3 is 5.11 Å². The molecule has 0 bridgehead atoms. The van der Waals surface area contributed by atoms with Crippen LogP contribution in [0, 0.1) is 5.92 Å². The van der Waals surface area contributed by atoms with Crippen LogP contribution >= 0.6 is 0 Å². The van der Waals surface area contributed by atoms with Crippen LogP contribution in [0.2, 0.25) is 0 Å². The summed E-state index contributed by atoms with van der Waals surface area (Å²) in [6.07, 6.45) is -9.74. The van der Waals surface area contributed by atoms with Gasteiger partial charge in [-0.1, -0.05) is 26.0 Å². The number of benzene rings is 1. The van der Waals surface area contributed by atoms with Crippen LogP contribution in [-0.4, -0.2) is 33.3 Å². The van der Waals surface area contributed by atoms with Crippen molar-refractivity contribution >= 4 is 6.29 Å². The molecule has 0 spiro atoms. The van der Waals surface area contributed by atoms with Crippen molar-refractivity contribution in [3.63, 3.8) is 0 Å². The maximum atomic E-state index is 13.0. The predicted molar refractivity (Wildman–Crippen MR) is 83.5 cm³/mol. The lowest BCUT2D eigenvalue weighted by Crippen LogP contribution is -2.53. The van der Waals surface area contributed by atoms with Gasteiger partial charge in [-0.3, -0.25) is 9.36 Å². The van der Waals surface area contributed by atoms with E-state index in [1.165, 1.54) is 10.8 Å². The minimum absolute atomic E-state index is 0.0975. The van der Waals surface area contributed by atoms with Crippen molar-refractivity contribution < 1.29 is 36.2 Å². The van der Waals surface area contributed by atoms with Gasteiger partial charge in [0.25, 0.3) is 5.60 Å². The minimum atomic E-state index is -5.96. The number of halogens is 6. The zero-order valence-corrected chi connectivity index (χ0v) is 14.3. The summed E-state index contributed by atoms with van der Waals surface area (Å²) in [5.41, 5.74) is -6.12. The molecule has 0 aliphatic rings.